The number of nitrogens with one attached hydrogen (secondary N) is 1. The third-order valence-electron chi connectivity index (χ3n) is 5.44. The number of hydrogen-bond acceptors (Lipinski definition) is 1. The Morgan fingerprint density at radius 3 is 1.79 bits per heavy atom. The van der Waals surface area contributed by atoms with Crippen LogP contribution in [0.1, 0.15) is 45.4 Å². The molecule has 1 N–H and O–H groups in total. The van der Waals surface area contributed by atoms with E-state index in [2.05, 4.69) is 19.3 Å². The highest BCUT2D eigenvalue weighted by atomic mass is 14.9. The van der Waals surface area contributed by atoms with E-state index in [1.807, 2.05) is 0 Å². The highest BCUT2D eigenvalue weighted by molar-refractivity contribution is 5.04. The summed E-state index contributed by atoms with van der Waals surface area (Å²) in [5.74, 6) is 3.28. The van der Waals surface area contributed by atoms with Gasteiger partial charge in [-0.25, -0.2) is 0 Å². The average molecular weight is 193 g/mol. The number of hydrogen-bond donors (Lipinski definition) is 1. The van der Waals surface area contributed by atoms with Gasteiger partial charge < -0.3 is 5.32 Å². The van der Waals surface area contributed by atoms with Gasteiger partial charge in [-0.2, -0.15) is 0 Å². The highest BCUT2D eigenvalue weighted by Crippen LogP contribution is 2.61. The number of rotatable bonds is 2. The standard InChI is InChI=1S/C13H23N/c1-9(14-2)13-6-10-3-11(7-13)5-12(4-10)8-13/h9-12,14H,3-8H2,1-2H3/t9-,10?,11?,12?,13?/m0/s1. The van der Waals surface area contributed by atoms with Crippen LogP contribution in [0.4, 0.5) is 0 Å². The minimum Gasteiger partial charge on any atom is -0.317 e. The van der Waals surface area contributed by atoms with Crippen LogP contribution in [0, 0.1) is 23.2 Å². The Bertz CT molecular complexity index is 198. The summed E-state index contributed by atoms with van der Waals surface area (Å²) in [5, 5.41) is 3.52. The van der Waals surface area contributed by atoms with Gasteiger partial charge >= 0.3 is 0 Å². The van der Waals surface area contributed by atoms with Crippen LogP contribution in [0.15, 0.2) is 0 Å². The fraction of sp³-hybridized carbons (Fsp3) is 1.00. The first kappa shape index (κ1) is 9.21. The minimum atomic E-state index is 0.698. The molecule has 4 saturated carbocycles. The zero-order chi connectivity index (χ0) is 9.76. The molecule has 4 aliphatic carbocycles. The summed E-state index contributed by atoms with van der Waals surface area (Å²) >= 11 is 0. The third kappa shape index (κ3) is 1.18. The van der Waals surface area contributed by atoms with Crippen LogP contribution in [-0.2, 0) is 0 Å². The van der Waals surface area contributed by atoms with Crippen molar-refractivity contribution >= 4 is 0 Å². The van der Waals surface area contributed by atoms with Crippen LogP contribution in [0.2, 0.25) is 0 Å². The van der Waals surface area contributed by atoms with E-state index in [1.165, 1.54) is 19.3 Å². The molecule has 0 aromatic rings. The Morgan fingerprint density at radius 2 is 1.43 bits per heavy atom. The lowest BCUT2D eigenvalue weighted by molar-refractivity contribution is -0.0691. The van der Waals surface area contributed by atoms with Gasteiger partial charge in [0.1, 0.15) is 0 Å². The zero-order valence-corrected chi connectivity index (χ0v) is 9.55. The summed E-state index contributed by atoms with van der Waals surface area (Å²) in [4.78, 5) is 0. The maximum atomic E-state index is 3.52. The van der Waals surface area contributed by atoms with Crippen molar-refractivity contribution in [3.05, 3.63) is 0 Å². The summed E-state index contributed by atoms with van der Waals surface area (Å²) in [6.07, 6.45) is 9.28. The summed E-state index contributed by atoms with van der Waals surface area (Å²) < 4.78 is 0. The van der Waals surface area contributed by atoms with E-state index in [-0.39, 0.29) is 0 Å². The summed E-state index contributed by atoms with van der Waals surface area (Å²) in [6.45, 7) is 2.41. The van der Waals surface area contributed by atoms with E-state index in [0.717, 1.165) is 23.8 Å². The Morgan fingerprint density at radius 1 is 1.00 bits per heavy atom. The van der Waals surface area contributed by atoms with Crippen molar-refractivity contribution in [2.24, 2.45) is 23.2 Å². The van der Waals surface area contributed by atoms with Gasteiger partial charge in [0.25, 0.3) is 0 Å². The molecule has 80 valence electrons. The molecule has 14 heavy (non-hydrogen) atoms. The summed E-state index contributed by atoms with van der Waals surface area (Å²) in [7, 11) is 2.14. The van der Waals surface area contributed by atoms with E-state index in [1.54, 1.807) is 19.3 Å². The van der Waals surface area contributed by atoms with Crippen molar-refractivity contribution in [1.82, 2.24) is 5.32 Å². The SMILES string of the molecule is CN[C@@H](C)C12CC3CC(CC(C3)C1)C2. The molecule has 0 aromatic heterocycles. The Balaban J connectivity index is 1.87. The molecule has 4 aliphatic rings. The molecule has 0 spiro atoms. The van der Waals surface area contributed by atoms with E-state index < -0.39 is 0 Å². The largest absolute Gasteiger partial charge is 0.317 e. The second kappa shape index (κ2) is 2.98. The second-order valence-corrected chi connectivity index (χ2v) is 6.29. The summed E-state index contributed by atoms with van der Waals surface area (Å²) in [6, 6.07) is 0.746. The molecule has 1 atom stereocenters. The van der Waals surface area contributed by atoms with Gasteiger partial charge in [0.2, 0.25) is 0 Å². The van der Waals surface area contributed by atoms with Gasteiger partial charge in [-0.3, -0.25) is 0 Å². The molecule has 0 unspecified atom stereocenters. The first-order valence-electron chi connectivity index (χ1n) is 6.39. The Hall–Kier alpha value is -0.0400. The van der Waals surface area contributed by atoms with Crippen molar-refractivity contribution in [1.29, 1.82) is 0 Å². The van der Waals surface area contributed by atoms with Gasteiger partial charge in [-0.05, 0) is 75.7 Å². The smallest absolute Gasteiger partial charge is 0.00924 e. The Labute approximate surface area is 87.7 Å². The van der Waals surface area contributed by atoms with Crippen molar-refractivity contribution in [2.75, 3.05) is 7.05 Å². The predicted octanol–water partition coefficient (Wildman–Crippen LogP) is 2.81. The Kier molecular flexibility index (Phi) is 1.96. The monoisotopic (exact) mass is 193 g/mol. The molecular formula is C13H23N. The third-order valence-corrected chi connectivity index (χ3v) is 5.44. The molecule has 0 heterocycles. The first-order valence-corrected chi connectivity index (χ1v) is 6.39. The van der Waals surface area contributed by atoms with Crippen molar-refractivity contribution in [3.8, 4) is 0 Å². The fourth-order valence-corrected chi connectivity index (χ4v) is 5.01. The molecule has 1 nitrogen and oxygen atoms in total. The van der Waals surface area contributed by atoms with Crippen LogP contribution < -0.4 is 5.32 Å². The van der Waals surface area contributed by atoms with Crippen LogP contribution in [0.25, 0.3) is 0 Å². The minimum absolute atomic E-state index is 0.698. The van der Waals surface area contributed by atoms with Crippen LogP contribution in [0.3, 0.4) is 0 Å². The summed E-state index contributed by atoms with van der Waals surface area (Å²) in [5.41, 5.74) is 0.698. The molecule has 0 amide bonds. The molecule has 4 fully saturated rings. The average Bonchev–Trinajstić information content (AvgIpc) is 2.14. The van der Waals surface area contributed by atoms with Gasteiger partial charge in [0.05, 0.1) is 0 Å². The van der Waals surface area contributed by atoms with Crippen molar-refractivity contribution in [3.63, 3.8) is 0 Å². The van der Waals surface area contributed by atoms with E-state index in [0.29, 0.717) is 5.41 Å². The molecule has 4 bridgehead atoms. The zero-order valence-electron chi connectivity index (χ0n) is 9.55. The predicted molar refractivity (Wildman–Crippen MR) is 59.1 cm³/mol. The van der Waals surface area contributed by atoms with Gasteiger partial charge in [-0.15, -0.1) is 0 Å². The lowest BCUT2D eigenvalue weighted by Crippen LogP contribution is -2.54. The highest BCUT2D eigenvalue weighted by Gasteiger charge is 2.52. The van der Waals surface area contributed by atoms with Crippen LogP contribution in [-0.4, -0.2) is 13.1 Å². The molecular weight excluding hydrogens is 170 g/mol. The molecule has 0 radical (unpaired) electrons. The molecule has 0 aromatic carbocycles. The lowest BCUT2D eigenvalue weighted by Gasteiger charge is -2.59. The van der Waals surface area contributed by atoms with Crippen molar-refractivity contribution in [2.45, 2.75) is 51.5 Å². The van der Waals surface area contributed by atoms with Gasteiger partial charge in [-0.1, -0.05) is 0 Å². The molecule has 0 aliphatic heterocycles. The van der Waals surface area contributed by atoms with Crippen molar-refractivity contribution < 1.29 is 0 Å². The fourth-order valence-electron chi connectivity index (χ4n) is 5.01. The van der Waals surface area contributed by atoms with E-state index in [9.17, 15) is 0 Å². The maximum absolute atomic E-state index is 3.52. The lowest BCUT2D eigenvalue weighted by atomic mass is 9.48. The second-order valence-electron chi connectivity index (χ2n) is 6.29. The van der Waals surface area contributed by atoms with Crippen LogP contribution >= 0.6 is 0 Å². The van der Waals surface area contributed by atoms with Crippen LogP contribution in [0.5, 0.6) is 0 Å². The quantitative estimate of drug-likeness (QED) is 0.711. The van der Waals surface area contributed by atoms with E-state index >= 15 is 0 Å². The molecule has 1 heteroatoms. The van der Waals surface area contributed by atoms with E-state index in [4.69, 9.17) is 0 Å². The van der Waals surface area contributed by atoms with Gasteiger partial charge in [0.15, 0.2) is 0 Å². The first-order chi connectivity index (χ1) is 6.72. The topological polar surface area (TPSA) is 12.0 Å². The molecule has 4 rings (SSSR count). The normalized spacial score (nSPS) is 52.3. The maximum Gasteiger partial charge on any atom is 0.00924 e. The van der Waals surface area contributed by atoms with Gasteiger partial charge in [0, 0.05) is 6.04 Å². The molecule has 0 saturated heterocycles.